The SMILES string of the molecule is CCCCCCCC/C=C/CCCCCCCCNC(=O)CCC(NC(=O)C(CCCCNC(=O)C(N)CCCNC(=N)N)NC(=O)C(N)CCCNC(=N)N)C(=O)NCCCCCCCC/C=C/CCCCCCCC. The number of carbonyl (C=O) groups is 5. The van der Waals surface area contributed by atoms with E-state index in [2.05, 4.69) is 75.4 Å². The van der Waals surface area contributed by atoms with Gasteiger partial charge < -0.3 is 60.2 Å². The first-order chi connectivity index (χ1) is 37.3. The molecule has 0 radical (unpaired) electrons. The Morgan fingerprint density at radius 1 is 0.364 bits per heavy atom. The molecule has 0 aliphatic heterocycles. The van der Waals surface area contributed by atoms with E-state index in [9.17, 15) is 24.0 Å². The van der Waals surface area contributed by atoms with Crippen LogP contribution in [0.5, 0.6) is 0 Å². The fourth-order valence-corrected chi connectivity index (χ4v) is 8.93. The normalized spacial score (nSPS) is 12.9. The highest BCUT2D eigenvalue weighted by molar-refractivity contribution is 5.93. The van der Waals surface area contributed by atoms with Gasteiger partial charge in [-0.25, -0.2) is 0 Å². The Balaban J connectivity index is 5.39. The van der Waals surface area contributed by atoms with E-state index in [-0.39, 0.29) is 61.9 Å². The largest absolute Gasteiger partial charge is 0.370 e. The fraction of sp³-hybridized carbons (Fsp3) is 0.814. The molecule has 17 N–H and O–H groups in total. The second-order valence-corrected chi connectivity index (χ2v) is 21.1. The maximum atomic E-state index is 14.1. The summed E-state index contributed by atoms with van der Waals surface area (Å²) in [5, 5.41) is 34.5. The summed E-state index contributed by atoms with van der Waals surface area (Å²) in [6.07, 6.45) is 45.6. The average Bonchev–Trinajstić information content (AvgIpc) is 3.40. The van der Waals surface area contributed by atoms with Gasteiger partial charge in [0.2, 0.25) is 29.5 Å². The van der Waals surface area contributed by atoms with Crippen LogP contribution in [0.2, 0.25) is 0 Å². The zero-order chi connectivity index (χ0) is 56.8. The van der Waals surface area contributed by atoms with E-state index in [1.807, 2.05) is 0 Å². The van der Waals surface area contributed by atoms with Crippen LogP contribution in [0.15, 0.2) is 24.3 Å². The van der Waals surface area contributed by atoms with Crippen LogP contribution in [-0.2, 0) is 24.0 Å². The Kier molecular flexibility index (Phi) is 50.0. The Morgan fingerprint density at radius 3 is 1.14 bits per heavy atom. The molecule has 0 bridgehead atoms. The zero-order valence-corrected chi connectivity index (χ0v) is 48.7. The van der Waals surface area contributed by atoms with Crippen molar-refractivity contribution in [3.63, 3.8) is 0 Å². The number of nitrogens with one attached hydrogen (secondary N) is 9. The number of allylic oxidation sites excluding steroid dienone is 4. The van der Waals surface area contributed by atoms with Crippen LogP contribution in [0, 0.1) is 10.8 Å². The summed E-state index contributed by atoms with van der Waals surface area (Å²) in [6, 6.07) is -3.76. The van der Waals surface area contributed by atoms with Crippen molar-refractivity contribution in [2.75, 3.05) is 32.7 Å². The molecular formula is C59H115N13O5. The first-order valence-corrected chi connectivity index (χ1v) is 30.7. The topological polar surface area (TPSA) is 321 Å². The predicted octanol–water partition coefficient (Wildman–Crippen LogP) is 8.51. The lowest BCUT2D eigenvalue weighted by Gasteiger charge is -2.24. The van der Waals surface area contributed by atoms with Crippen LogP contribution < -0.4 is 60.2 Å². The summed E-state index contributed by atoms with van der Waals surface area (Å²) < 4.78 is 0. The van der Waals surface area contributed by atoms with Crippen molar-refractivity contribution >= 4 is 41.5 Å². The van der Waals surface area contributed by atoms with Crippen LogP contribution in [0.1, 0.15) is 251 Å². The summed E-state index contributed by atoms with van der Waals surface area (Å²) in [5.74, 6) is -2.35. The highest BCUT2D eigenvalue weighted by Gasteiger charge is 2.28. The van der Waals surface area contributed by atoms with Crippen LogP contribution in [-0.4, -0.2) is 98.3 Å². The molecule has 0 aliphatic carbocycles. The van der Waals surface area contributed by atoms with E-state index in [1.54, 1.807) is 0 Å². The molecule has 0 aliphatic rings. The van der Waals surface area contributed by atoms with Crippen molar-refractivity contribution in [2.24, 2.45) is 22.9 Å². The maximum Gasteiger partial charge on any atom is 0.243 e. The molecular weight excluding hydrogens is 971 g/mol. The number of rotatable bonds is 54. The van der Waals surface area contributed by atoms with Crippen LogP contribution in [0.25, 0.3) is 0 Å². The maximum absolute atomic E-state index is 14.1. The van der Waals surface area contributed by atoms with Gasteiger partial charge in [0.15, 0.2) is 11.9 Å². The third-order valence-corrected chi connectivity index (χ3v) is 13.8. The number of unbranched alkanes of at least 4 members (excludes halogenated alkanes) is 25. The molecule has 77 heavy (non-hydrogen) atoms. The molecule has 0 saturated heterocycles. The van der Waals surface area contributed by atoms with E-state index in [1.165, 1.54) is 122 Å². The number of carbonyl (C=O) groups excluding carboxylic acids is 5. The first kappa shape index (κ1) is 72.3. The molecule has 0 aromatic carbocycles. The first-order valence-electron chi connectivity index (χ1n) is 30.7. The van der Waals surface area contributed by atoms with Gasteiger partial charge in [-0.15, -0.1) is 0 Å². The molecule has 0 saturated carbocycles. The van der Waals surface area contributed by atoms with Crippen LogP contribution >= 0.6 is 0 Å². The third kappa shape index (κ3) is 48.2. The van der Waals surface area contributed by atoms with Gasteiger partial charge in [-0.2, -0.15) is 0 Å². The van der Waals surface area contributed by atoms with E-state index >= 15 is 0 Å². The molecule has 5 amide bonds. The van der Waals surface area contributed by atoms with Crippen molar-refractivity contribution in [1.82, 2.24) is 37.2 Å². The zero-order valence-electron chi connectivity index (χ0n) is 48.7. The lowest BCUT2D eigenvalue weighted by Crippen LogP contribution is -2.56. The van der Waals surface area contributed by atoms with Gasteiger partial charge in [0.1, 0.15) is 12.1 Å². The average molecular weight is 1090 g/mol. The molecule has 0 spiro atoms. The van der Waals surface area contributed by atoms with Crippen molar-refractivity contribution in [3.05, 3.63) is 24.3 Å². The molecule has 18 nitrogen and oxygen atoms in total. The highest BCUT2D eigenvalue weighted by Crippen LogP contribution is 2.13. The number of hydrogen-bond donors (Lipinski definition) is 13. The smallest absolute Gasteiger partial charge is 0.243 e. The standard InChI is InChI=1S/C59H115N13O5/c1-3-5-7-9-11-13-15-17-19-21-23-25-27-29-31-34-44-66-53(73)43-42-52(56(76)68-45-35-32-30-28-26-24-22-20-18-16-14-12-10-8-6-4-2)72-57(77)51(71-55(75)50(61)40-38-48-70-59(64)65)41-33-36-46-67-54(74)49(60)39-37-47-69-58(62)63/h17-20,49-52H,3-16,21-48,60-61H2,1-2H3,(H,66,73)(H,67,74)(H,68,76)(H,71,75)(H,72,77)(H4,62,63,69)(H4,64,65,70)/b19-17+,20-18+. The second kappa shape index (κ2) is 53.3. The van der Waals surface area contributed by atoms with Gasteiger partial charge in [0.05, 0.1) is 12.1 Å². The van der Waals surface area contributed by atoms with Gasteiger partial charge >= 0.3 is 0 Å². The molecule has 0 heterocycles. The van der Waals surface area contributed by atoms with Crippen molar-refractivity contribution < 1.29 is 24.0 Å². The second-order valence-electron chi connectivity index (χ2n) is 21.1. The van der Waals surface area contributed by atoms with Crippen molar-refractivity contribution in [3.8, 4) is 0 Å². The monoisotopic (exact) mass is 1090 g/mol. The van der Waals surface area contributed by atoms with Crippen LogP contribution in [0.3, 0.4) is 0 Å². The summed E-state index contributed by atoms with van der Waals surface area (Å²) in [7, 11) is 0. The molecule has 18 heteroatoms. The van der Waals surface area contributed by atoms with Crippen molar-refractivity contribution in [2.45, 2.75) is 276 Å². The van der Waals surface area contributed by atoms with E-state index in [0.29, 0.717) is 58.3 Å². The van der Waals surface area contributed by atoms with Gasteiger partial charge in [-0.3, -0.25) is 34.8 Å². The Hall–Kier alpha value is -4.71. The molecule has 4 unspecified atom stereocenters. The summed E-state index contributed by atoms with van der Waals surface area (Å²) in [4.78, 5) is 67.0. The lowest BCUT2D eigenvalue weighted by molar-refractivity contribution is -0.133. The molecule has 0 aromatic rings. The summed E-state index contributed by atoms with van der Waals surface area (Å²) in [5.41, 5.74) is 23.0. The summed E-state index contributed by atoms with van der Waals surface area (Å²) >= 11 is 0. The van der Waals surface area contributed by atoms with E-state index < -0.39 is 36.0 Å². The number of amides is 5. The number of nitrogens with two attached hydrogens (primary N) is 4. The molecule has 446 valence electrons. The number of hydrogen-bond acceptors (Lipinski definition) is 9. The third-order valence-electron chi connectivity index (χ3n) is 13.8. The Morgan fingerprint density at radius 2 is 0.701 bits per heavy atom. The summed E-state index contributed by atoms with van der Waals surface area (Å²) in [6.45, 7) is 6.55. The van der Waals surface area contributed by atoms with E-state index in [4.69, 9.17) is 33.8 Å². The highest BCUT2D eigenvalue weighted by atomic mass is 16.2. The van der Waals surface area contributed by atoms with Crippen LogP contribution in [0.4, 0.5) is 0 Å². The molecule has 0 fully saturated rings. The molecule has 0 aromatic heterocycles. The predicted molar refractivity (Wildman–Crippen MR) is 319 cm³/mol. The van der Waals surface area contributed by atoms with Gasteiger partial charge in [0, 0.05) is 39.1 Å². The lowest BCUT2D eigenvalue weighted by atomic mass is 10.0. The van der Waals surface area contributed by atoms with E-state index in [0.717, 1.165) is 57.8 Å². The minimum absolute atomic E-state index is 0.0320. The Bertz CT molecular complexity index is 1580. The van der Waals surface area contributed by atoms with Crippen molar-refractivity contribution in [1.29, 1.82) is 10.8 Å². The van der Waals surface area contributed by atoms with Gasteiger partial charge in [-0.1, -0.05) is 154 Å². The Labute approximate surface area is 467 Å². The molecule has 0 rings (SSSR count). The minimum Gasteiger partial charge on any atom is -0.370 e. The quantitative estimate of drug-likeness (QED) is 0.0118. The van der Waals surface area contributed by atoms with Gasteiger partial charge in [0.25, 0.3) is 0 Å². The molecule has 4 atom stereocenters. The minimum atomic E-state index is -1.05. The van der Waals surface area contributed by atoms with Gasteiger partial charge in [-0.05, 0) is 116 Å². The fourth-order valence-electron chi connectivity index (χ4n) is 8.93. The number of guanidine groups is 2.